The quantitative estimate of drug-likeness (QED) is 0.763. The second kappa shape index (κ2) is 7.65. The van der Waals surface area contributed by atoms with Gasteiger partial charge >= 0.3 is 0 Å². The number of hydrogen-bond acceptors (Lipinski definition) is 4. The fraction of sp³-hybridized carbons (Fsp3) is 0.714. The molecule has 0 saturated carbocycles. The maximum atomic E-state index is 9.19. The predicted molar refractivity (Wildman–Crippen MR) is 75.0 cm³/mol. The number of hydrogen-bond donors (Lipinski definition) is 1. The van der Waals surface area contributed by atoms with Gasteiger partial charge in [0.25, 0.3) is 0 Å². The van der Waals surface area contributed by atoms with Crippen LogP contribution in [0.2, 0.25) is 0 Å². The summed E-state index contributed by atoms with van der Waals surface area (Å²) in [5, 5.41) is 9.19. The van der Waals surface area contributed by atoms with E-state index in [4.69, 9.17) is 4.74 Å². The van der Waals surface area contributed by atoms with Gasteiger partial charge < -0.3 is 14.4 Å². The summed E-state index contributed by atoms with van der Waals surface area (Å²) in [7, 11) is 2.06. The van der Waals surface area contributed by atoms with Gasteiger partial charge in [-0.25, -0.2) is 0 Å². The Labute approximate surface area is 115 Å². The average molecular weight is 267 g/mol. The van der Waals surface area contributed by atoms with Crippen LogP contribution in [0.1, 0.15) is 5.69 Å². The van der Waals surface area contributed by atoms with Gasteiger partial charge in [0, 0.05) is 58.2 Å². The highest BCUT2D eigenvalue weighted by Gasteiger charge is 2.13. The fourth-order valence-corrected chi connectivity index (χ4v) is 2.41. The summed E-state index contributed by atoms with van der Waals surface area (Å²) in [5.74, 6) is 0. The normalized spacial score (nSPS) is 17.2. The van der Waals surface area contributed by atoms with Gasteiger partial charge in [-0.15, -0.1) is 0 Å². The van der Waals surface area contributed by atoms with Gasteiger partial charge in [0.05, 0.1) is 19.8 Å². The van der Waals surface area contributed by atoms with E-state index in [9.17, 15) is 5.11 Å². The van der Waals surface area contributed by atoms with Gasteiger partial charge in [-0.3, -0.25) is 9.80 Å². The molecule has 0 aromatic carbocycles. The molecule has 1 aliphatic heterocycles. The molecule has 0 unspecified atom stereocenters. The van der Waals surface area contributed by atoms with Gasteiger partial charge in [0.1, 0.15) is 0 Å². The third kappa shape index (κ3) is 4.62. The largest absolute Gasteiger partial charge is 0.395 e. The third-order valence-electron chi connectivity index (χ3n) is 3.69. The molecule has 1 fully saturated rings. The van der Waals surface area contributed by atoms with Crippen LogP contribution in [-0.4, -0.2) is 72.0 Å². The molecular weight excluding hydrogens is 242 g/mol. The minimum atomic E-state index is 0.216. The Kier molecular flexibility index (Phi) is 5.85. The van der Waals surface area contributed by atoms with Crippen molar-refractivity contribution in [1.82, 2.24) is 14.4 Å². The maximum absolute atomic E-state index is 9.19. The van der Waals surface area contributed by atoms with Gasteiger partial charge in [0.2, 0.25) is 0 Å². The summed E-state index contributed by atoms with van der Waals surface area (Å²) in [4.78, 5) is 4.74. The minimum Gasteiger partial charge on any atom is -0.395 e. The van der Waals surface area contributed by atoms with Crippen molar-refractivity contribution in [3.63, 3.8) is 0 Å². The lowest BCUT2D eigenvalue weighted by Gasteiger charge is -2.29. The summed E-state index contributed by atoms with van der Waals surface area (Å²) in [5.41, 5.74) is 1.29. The molecule has 2 heterocycles. The van der Waals surface area contributed by atoms with Crippen molar-refractivity contribution in [2.45, 2.75) is 6.54 Å². The highest BCUT2D eigenvalue weighted by Crippen LogP contribution is 2.05. The van der Waals surface area contributed by atoms with Crippen LogP contribution < -0.4 is 0 Å². The lowest BCUT2D eigenvalue weighted by atomic mass is 10.3. The zero-order valence-electron chi connectivity index (χ0n) is 11.8. The molecule has 0 amide bonds. The topological polar surface area (TPSA) is 40.9 Å². The number of aliphatic hydroxyl groups is 1. The fourth-order valence-electron chi connectivity index (χ4n) is 2.41. The van der Waals surface area contributed by atoms with Crippen LogP contribution in [0, 0.1) is 0 Å². The SMILES string of the molecule is Cn1cccc1CN(CCO)CCN1CCOCC1. The van der Waals surface area contributed by atoms with E-state index in [2.05, 4.69) is 39.7 Å². The number of nitrogens with zero attached hydrogens (tertiary/aromatic N) is 3. The van der Waals surface area contributed by atoms with Crippen LogP contribution >= 0.6 is 0 Å². The van der Waals surface area contributed by atoms with Gasteiger partial charge in [-0.2, -0.15) is 0 Å². The molecule has 19 heavy (non-hydrogen) atoms. The van der Waals surface area contributed by atoms with E-state index in [1.165, 1.54) is 5.69 Å². The molecule has 1 aliphatic rings. The van der Waals surface area contributed by atoms with Crippen molar-refractivity contribution in [1.29, 1.82) is 0 Å². The number of morpholine rings is 1. The van der Waals surface area contributed by atoms with Crippen LogP contribution in [0.15, 0.2) is 18.3 Å². The van der Waals surface area contributed by atoms with E-state index in [0.29, 0.717) is 0 Å². The number of aliphatic hydroxyl groups excluding tert-OH is 1. The van der Waals surface area contributed by atoms with Crippen molar-refractivity contribution < 1.29 is 9.84 Å². The molecule has 0 bridgehead atoms. The van der Waals surface area contributed by atoms with Gasteiger partial charge in [0.15, 0.2) is 0 Å². The first-order valence-corrected chi connectivity index (χ1v) is 7.03. The maximum Gasteiger partial charge on any atom is 0.0594 e. The summed E-state index contributed by atoms with van der Waals surface area (Å²) >= 11 is 0. The molecule has 5 heteroatoms. The molecule has 0 spiro atoms. The molecule has 1 aromatic rings. The molecule has 5 nitrogen and oxygen atoms in total. The smallest absolute Gasteiger partial charge is 0.0594 e. The molecular formula is C14H25N3O2. The monoisotopic (exact) mass is 267 g/mol. The van der Waals surface area contributed by atoms with Crippen LogP contribution in [0.3, 0.4) is 0 Å². The number of aryl methyl sites for hydroxylation is 1. The predicted octanol–water partition coefficient (Wildman–Crippen LogP) is 0.152. The van der Waals surface area contributed by atoms with E-state index in [0.717, 1.165) is 52.5 Å². The molecule has 108 valence electrons. The summed E-state index contributed by atoms with van der Waals surface area (Å²) in [6.07, 6.45) is 2.06. The Hall–Kier alpha value is -0.880. The number of ether oxygens (including phenoxy) is 1. The Morgan fingerprint density at radius 1 is 1.32 bits per heavy atom. The molecule has 1 aromatic heterocycles. The Bertz CT molecular complexity index is 361. The van der Waals surface area contributed by atoms with Crippen molar-refractivity contribution in [2.75, 3.05) is 52.5 Å². The molecule has 1 saturated heterocycles. The van der Waals surface area contributed by atoms with Gasteiger partial charge in [-0.1, -0.05) is 0 Å². The van der Waals surface area contributed by atoms with Crippen LogP contribution in [0.25, 0.3) is 0 Å². The van der Waals surface area contributed by atoms with Crippen molar-refractivity contribution in [2.24, 2.45) is 7.05 Å². The van der Waals surface area contributed by atoms with Crippen LogP contribution in [0.5, 0.6) is 0 Å². The zero-order chi connectivity index (χ0) is 13.5. The van der Waals surface area contributed by atoms with E-state index in [1.54, 1.807) is 0 Å². The highest BCUT2D eigenvalue weighted by molar-refractivity contribution is 5.06. The third-order valence-corrected chi connectivity index (χ3v) is 3.69. The average Bonchev–Trinajstić information content (AvgIpc) is 2.83. The first-order valence-electron chi connectivity index (χ1n) is 7.03. The number of rotatable bonds is 7. The lowest BCUT2D eigenvalue weighted by Crippen LogP contribution is -2.42. The molecule has 1 N–H and O–H groups in total. The van der Waals surface area contributed by atoms with E-state index in [-0.39, 0.29) is 6.61 Å². The Morgan fingerprint density at radius 3 is 2.74 bits per heavy atom. The second-order valence-electron chi connectivity index (χ2n) is 5.06. The second-order valence-corrected chi connectivity index (χ2v) is 5.06. The Morgan fingerprint density at radius 2 is 2.11 bits per heavy atom. The molecule has 0 atom stereocenters. The highest BCUT2D eigenvalue weighted by atomic mass is 16.5. The van der Waals surface area contributed by atoms with E-state index >= 15 is 0 Å². The van der Waals surface area contributed by atoms with E-state index in [1.807, 2.05) is 0 Å². The van der Waals surface area contributed by atoms with Crippen LogP contribution in [-0.2, 0) is 18.3 Å². The molecule has 0 aliphatic carbocycles. The van der Waals surface area contributed by atoms with Crippen molar-refractivity contribution in [3.8, 4) is 0 Å². The summed E-state index contributed by atoms with van der Waals surface area (Å²) < 4.78 is 7.49. The van der Waals surface area contributed by atoms with Crippen molar-refractivity contribution >= 4 is 0 Å². The zero-order valence-corrected chi connectivity index (χ0v) is 11.8. The summed E-state index contributed by atoms with van der Waals surface area (Å²) in [6, 6.07) is 4.20. The molecule has 0 radical (unpaired) electrons. The van der Waals surface area contributed by atoms with Gasteiger partial charge in [-0.05, 0) is 12.1 Å². The molecule has 2 rings (SSSR count). The minimum absolute atomic E-state index is 0.216. The number of aromatic nitrogens is 1. The summed E-state index contributed by atoms with van der Waals surface area (Å²) in [6.45, 7) is 7.63. The first-order chi connectivity index (χ1) is 9.29. The first kappa shape index (κ1) is 14.5. The van der Waals surface area contributed by atoms with Crippen LogP contribution in [0.4, 0.5) is 0 Å². The Balaban J connectivity index is 1.80. The van der Waals surface area contributed by atoms with Crippen molar-refractivity contribution in [3.05, 3.63) is 24.0 Å². The van der Waals surface area contributed by atoms with E-state index < -0.39 is 0 Å². The lowest BCUT2D eigenvalue weighted by molar-refractivity contribution is 0.0319. The standard InChI is InChI=1S/C14H25N3O2/c1-15-4-2-3-14(15)13-17(7-10-18)6-5-16-8-11-19-12-9-16/h2-4,18H,5-13H2,1H3.